The fourth-order valence-corrected chi connectivity index (χ4v) is 3.47. The molecule has 1 saturated carbocycles. The first-order chi connectivity index (χ1) is 11.7. The predicted octanol–water partition coefficient (Wildman–Crippen LogP) is 3.62. The number of nitrogens with one attached hydrogen (secondary N) is 1. The number of benzene rings is 1. The van der Waals surface area contributed by atoms with E-state index >= 15 is 0 Å². The molecule has 0 aromatic heterocycles. The van der Waals surface area contributed by atoms with E-state index in [1.54, 1.807) is 12.1 Å². The Morgan fingerprint density at radius 2 is 2.16 bits per heavy atom. The Morgan fingerprint density at radius 3 is 2.88 bits per heavy atom. The Morgan fingerprint density at radius 1 is 1.36 bits per heavy atom. The van der Waals surface area contributed by atoms with Crippen LogP contribution in [0, 0.1) is 11.7 Å². The van der Waals surface area contributed by atoms with Crippen LogP contribution in [0.15, 0.2) is 29.3 Å². The van der Waals surface area contributed by atoms with Gasteiger partial charge in [0, 0.05) is 44.1 Å². The van der Waals surface area contributed by atoms with Crippen molar-refractivity contribution in [3.05, 3.63) is 35.6 Å². The molecule has 1 aliphatic heterocycles. The van der Waals surface area contributed by atoms with E-state index in [-0.39, 0.29) is 41.8 Å². The van der Waals surface area contributed by atoms with Gasteiger partial charge in [-0.25, -0.2) is 4.39 Å². The highest BCUT2D eigenvalue weighted by Crippen LogP contribution is 2.42. The molecule has 0 bridgehead atoms. The monoisotopic (exact) mass is 461 g/mol. The number of halogens is 2. The van der Waals surface area contributed by atoms with Gasteiger partial charge >= 0.3 is 0 Å². The van der Waals surface area contributed by atoms with Crippen molar-refractivity contribution in [2.75, 3.05) is 32.8 Å². The molecule has 3 atom stereocenters. The van der Waals surface area contributed by atoms with Gasteiger partial charge in [0.2, 0.25) is 0 Å². The van der Waals surface area contributed by atoms with Crippen LogP contribution in [0.5, 0.6) is 0 Å². The standard InChI is InChI=1S/C19H28FN3O.HI/c1-3-21-19(23-10-9-14(12-23)13-24-4-2)22-18-11-16(18)15-7-5-6-8-17(15)20;/h5-8,14,16,18H,3-4,9-13H2,1-2H3,(H,21,22);1H. The molecule has 2 aliphatic rings. The van der Waals surface area contributed by atoms with E-state index in [9.17, 15) is 4.39 Å². The van der Waals surface area contributed by atoms with Crippen LogP contribution < -0.4 is 5.32 Å². The number of likely N-dealkylation sites (tertiary alicyclic amines) is 1. The summed E-state index contributed by atoms with van der Waals surface area (Å²) in [6, 6.07) is 7.39. The second kappa shape index (κ2) is 9.71. The molecule has 0 radical (unpaired) electrons. The molecule has 0 spiro atoms. The zero-order chi connectivity index (χ0) is 16.9. The third-order valence-electron chi connectivity index (χ3n) is 4.86. The van der Waals surface area contributed by atoms with Gasteiger partial charge in [-0.1, -0.05) is 18.2 Å². The molecular formula is C19H29FIN3O. The van der Waals surface area contributed by atoms with Crippen molar-refractivity contribution in [2.45, 2.75) is 38.6 Å². The molecule has 25 heavy (non-hydrogen) atoms. The van der Waals surface area contributed by atoms with Crippen LogP contribution in [0.4, 0.5) is 4.39 Å². The van der Waals surface area contributed by atoms with Crippen molar-refractivity contribution in [3.63, 3.8) is 0 Å². The van der Waals surface area contributed by atoms with Crippen LogP contribution in [0.1, 0.15) is 38.2 Å². The third kappa shape index (κ3) is 5.29. The number of nitrogens with zero attached hydrogens (tertiary/aromatic N) is 2. The van der Waals surface area contributed by atoms with Crippen LogP contribution in [-0.4, -0.2) is 49.7 Å². The summed E-state index contributed by atoms with van der Waals surface area (Å²) >= 11 is 0. The molecule has 1 saturated heterocycles. The largest absolute Gasteiger partial charge is 0.381 e. The molecule has 0 amide bonds. The SMILES string of the molecule is CCN=C(NC1CC1c1ccccc1F)N1CCC(COCC)C1.I. The summed E-state index contributed by atoms with van der Waals surface area (Å²) in [5.74, 6) is 1.71. The number of guanidine groups is 1. The van der Waals surface area contributed by atoms with Crippen molar-refractivity contribution in [3.8, 4) is 0 Å². The summed E-state index contributed by atoms with van der Waals surface area (Å²) in [4.78, 5) is 6.97. The molecule has 1 aliphatic carbocycles. The molecular weight excluding hydrogens is 432 g/mol. The minimum absolute atomic E-state index is 0. The van der Waals surface area contributed by atoms with E-state index < -0.39 is 0 Å². The fourth-order valence-electron chi connectivity index (χ4n) is 3.47. The number of rotatable bonds is 6. The number of aliphatic imine (C=N–C) groups is 1. The number of ether oxygens (including phenoxy) is 1. The number of hydrogen-bond acceptors (Lipinski definition) is 2. The van der Waals surface area contributed by atoms with Crippen LogP contribution in [0.25, 0.3) is 0 Å². The van der Waals surface area contributed by atoms with Gasteiger partial charge in [-0.2, -0.15) is 0 Å². The number of hydrogen-bond donors (Lipinski definition) is 1. The lowest BCUT2D eigenvalue weighted by atomic mass is 10.1. The van der Waals surface area contributed by atoms with Gasteiger partial charge in [-0.05, 0) is 38.3 Å². The van der Waals surface area contributed by atoms with Crippen LogP contribution in [0.3, 0.4) is 0 Å². The highest BCUT2D eigenvalue weighted by atomic mass is 127. The second-order valence-corrected chi connectivity index (χ2v) is 6.67. The van der Waals surface area contributed by atoms with E-state index in [2.05, 4.69) is 22.1 Å². The fraction of sp³-hybridized carbons (Fsp3) is 0.632. The first-order valence-corrected chi connectivity index (χ1v) is 9.11. The Labute approximate surface area is 167 Å². The Bertz CT molecular complexity index is 584. The summed E-state index contributed by atoms with van der Waals surface area (Å²) < 4.78 is 19.5. The van der Waals surface area contributed by atoms with Crippen LogP contribution in [-0.2, 0) is 4.74 Å². The summed E-state index contributed by atoms with van der Waals surface area (Å²) in [5, 5.41) is 3.55. The first-order valence-electron chi connectivity index (χ1n) is 9.11. The molecule has 1 heterocycles. The Balaban J connectivity index is 0.00000225. The predicted molar refractivity (Wildman–Crippen MR) is 110 cm³/mol. The van der Waals surface area contributed by atoms with E-state index in [4.69, 9.17) is 4.74 Å². The van der Waals surface area contributed by atoms with Crippen molar-refractivity contribution in [1.82, 2.24) is 10.2 Å². The lowest BCUT2D eigenvalue weighted by Gasteiger charge is -2.22. The Kier molecular flexibility index (Phi) is 7.93. The van der Waals surface area contributed by atoms with Crippen molar-refractivity contribution in [2.24, 2.45) is 10.9 Å². The van der Waals surface area contributed by atoms with Gasteiger partial charge in [0.05, 0.1) is 6.61 Å². The highest BCUT2D eigenvalue weighted by molar-refractivity contribution is 14.0. The normalized spacial score (nSPS) is 25.6. The van der Waals surface area contributed by atoms with E-state index in [1.807, 2.05) is 19.1 Å². The van der Waals surface area contributed by atoms with Gasteiger partial charge in [-0.3, -0.25) is 4.99 Å². The molecule has 3 rings (SSSR count). The summed E-state index contributed by atoms with van der Waals surface area (Å²) in [6.07, 6.45) is 2.12. The third-order valence-corrected chi connectivity index (χ3v) is 4.86. The maximum atomic E-state index is 13.9. The lowest BCUT2D eigenvalue weighted by Crippen LogP contribution is -2.42. The van der Waals surface area contributed by atoms with Crippen molar-refractivity contribution in [1.29, 1.82) is 0 Å². The van der Waals surface area contributed by atoms with Gasteiger partial charge in [-0.15, -0.1) is 24.0 Å². The van der Waals surface area contributed by atoms with Crippen molar-refractivity contribution < 1.29 is 9.13 Å². The van der Waals surface area contributed by atoms with Gasteiger partial charge in [0.25, 0.3) is 0 Å². The molecule has 4 nitrogen and oxygen atoms in total. The van der Waals surface area contributed by atoms with Crippen LogP contribution in [0.2, 0.25) is 0 Å². The zero-order valence-corrected chi connectivity index (χ0v) is 17.4. The smallest absolute Gasteiger partial charge is 0.194 e. The topological polar surface area (TPSA) is 36.9 Å². The average molecular weight is 461 g/mol. The maximum absolute atomic E-state index is 13.9. The summed E-state index contributed by atoms with van der Waals surface area (Å²) in [5.41, 5.74) is 0.821. The second-order valence-electron chi connectivity index (χ2n) is 6.67. The van der Waals surface area contributed by atoms with Gasteiger partial charge in [0.15, 0.2) is 5.96 Å². The van der Waals surface area contributed by atoms with E-state index in [1.165, 1.54) is 0 Å². The van der Waals surface area contributed by atoms with Gasteiger partial charge in [0.1, 0.15) is 5.82 Å². The van der Waals surface area contributed by atoms with Crippen molar-refractivity contribution >= 4 is 29.9 Å². The molecule has 2 fully saturated rings. The maximum Gasteiger partial charge on any atom is 0.194 e. The minimum Gasteiger partial charge on any atom is -0.381 e. The zero-order valence-electron chi connectivity index (χ0n) is 15.1. The molecule has 1 aromatic rings. The van der Waals surface area contributed by atoms with Crippen LogP contribution >= 0.6 is 24.0 Å². The van der Waals surface area contributed by atoms with Gasteiger partial charge < -0.3 is 15.0 Å². The molecule has 1 aromatic carbocycles. The minimum atomic E-state index is -0.0984. The summed E-state index contributed by atoms with van der Waals surface area (Å²) in [6.45, 7) is 8.45. The molecule has 3 unspecified atom stereocenters. The highest BCUT2D eigenvalue weighted by Gasteiger charge is 2.41. The Hall–Kier alpha value is -0.890. The van der Waals surface area contributed by atoms with E-state index in [0.29, 0.717) is 5.92 Å². The average Bonchev–Trinajstić information content (AvgIpc) is 3.18. The first kappa shape index (κ1) is 20.4. The van der Waals surface area contributed by atoms with E-state index in [0.717, 1.165) is 57.2 Å². The quantitative estimate of drug-likeness (QED) is 0.400. The molecule has 140 valence electrons. The lowest BCUT2D eigenvalue weighted by molar-refractivity contribution is 0.114. The molecule has 6 heteroatoms. The summed E-state index contributed by atoms with van der Waals surface area (Å²) in [7, 11) is 0. The molecule has 1 N–H and O–H groups in total.